The minimum atomic E-state index is -1.94. The summed E-state index contributed by atoms with van der Waals surface area (Å²) in [6, 6.07) is 7.85. The van der Waals surface area contributed by atoms with Crippen LogP contribution in [-0.2, 0) is 0 Å². The smallest absolute Gasteiger partial charge is 0.263 e. The zero-order valence-corrected chi connectivity index (χ0v) is 19.7. The molecule has 0 spiro atoms. The number of anilines is 1. The van der Waals surface area contributed by atoms with Crippen LogP contribution in [0.3, 0.4) is 0 Å². The number of rotatable bonds is 4. The number of halogens is 4. The molecule has 0 fully saturated rings. The van der Waals surface area contributed by atoms with Crippen molar-refractivity contribution in [2.24, 2.45) is 0 Å². The molecule has 36 heavy (non-hydrogen) atoms. The SMILES string of the molecule is COc1c(F)c(F)c(C(=O)NC(=S)Nc2ccc(O)c(-c3nc4cc(C)cc(C)c4o3)c2)c(F)c1F. The number of fused-ring (bicyclic) bond motifs is 1. The van der Waals surface area contributed by atoms with Crippen molar-refractivity contribution in [3.05, 3.63) is 70.3 Å². The van der Waals surface area contributed by atoms with Gasteiger partial charge in [-0.05, 0) is 61.5 Å². The van der Waals surface area contributed by atoms with Gasteiger partial charge in [0.15, 0.2) is 28.1 Å². The molecule has 1 heterocycles. The van der Waals surface area contributed by atoms with Crippen LogP contribution < -0.4 is 15.4 Å². The molecule has 0 bridgehead atoms. The van der Waals surface area contributed by atoms with Crippen LogP contribution in [0.1, 0.15) is 21.5 Å². The third-order valence-corrected chi connectivity index (χ3v) is 5.39. The first-order valence-electron chi connectivity index (χ1n) is 10.2. The van der Waals surface area contributed by atoms with Crippen LogP contribution in [0.25, 0.3) is 22.6 Å². The lowest BCUT2D eigenvalue weighted by atomic mass is 10.1. The number of carbonyl (C=O) groups is 1. The highest BCUT2D eigenvalue weighted by Gasteiger charge is 2.30. The van der Waals surface area contributed by atoms with Crippen molar-refractivity contribution in [1.29, 1.82) is 0 Å². The van der Waals surface area contributed by atoms with Crippen LogP contribution in [0.4, 0.5) is 23.2 Å². The molecule has 0 aliphatic carbocycles. The normalized spacial score (nSPS) is 11.0. The predicted octanol–water partition coefficient (Wildman–Crippen LogP) is 5.51. The average molecular weight is 519 g/mol. The Morgan fingerprint density at radius 3 is 2.36 bits per heavy atom. The number of ether oxygens (including phenoxy) is 1. The Bertz CT molecular complexity index is 1530. The number of hydrogen-bond acceptors (Lipinski definition) is 6. The quantitative estimate of drug-likeness (QED) is 0.142. The van der Waals surface area contributed by atoms with Gasteiger partial charge in [-0.1, -0.05) is 6.07 Å². The van der Waals surface area contributed by atoms with E-state index in [1.165, 1.54) is 18.2 Å². The maximum absolute atomic E-state index is 14.2. The largest absolute Gasteiger partial charge is 0.507 e. The Hall–Kier alpha value is -4.19. The molecule has 0 unspecified atom stereocenters. The van der Waals surface area contributed by atoms with Gasteiger partial charge < -0.3 is 19.6 Å². The van der Waals surface area contributed by atoms with Gasteiger partial charge in [0.25, 0.3) is 5.91 Å². The van der Waals surface area contributed by atoms with E-state index in [1.807, 2.05) is 31.3 Å². The number of thiocarbonyl (C=S) groups is 1. The number of methoxy groups -OCH3 is 1. The predicted molar refractivity (Wildman–Crippen MR) is 127 cm³/mol. The van der Waals surface area contributed by atoms with Crippen LogP contribution in [0.5, 0.6) is 11.5 Å². The third kappa shape index (κ3) is 4.42. The van der Waals surface area contributed by atoms with E-state index in [0.717, 1.165) is 18.2 Å². The second-order valence-corrected chi connectivity index (χ2v) is 8.16. The summed E-state index contributed by atoms with van der Waals surface area (Å²) in [5.41, 5.74) is 1.87. The Morgan fingerprint density at radius 1 is 1.06 bits per heavy atom. The zero-order chi connectivity index (χ0) is 26.3. The van der Waals surface area contributed by atoms with E-state index in [2.05, 4.69) is 15.0 Å². The molecular weight excluding hydrogens is 502 g/mol. The Balaban J connectivity index is 1.58. The van der Waals surface area contributed by atoms with Gasteiger partial charge in [-0.2, -0.15) is 8.78 Å². The number of aryl methyl sites for hydroxylation is 2. The average Bonchev–Trinajstić information content (AvgIpc) is 3.23. The van der Waals surface area contributed by atoms with Crippen molar-refractivity contribution in [2.45, 2.75) is 13.8 Å². The molecule has 1 amide bonds. The first kappa shape index (κ1) is 24.9. The van der Waals surface area contributed by atoms with Crippen molar-refractivity contribution in [1.82, 2.24) is 10.3 Å². The topological polar surface area (TPSA) is 96.6 Å². The van der Waals surface area contributed by atoms with Crippen molar-refractivity contribution >= 4 is 40.0 Å². The van der Waals surface area contributed by atoms with Gasteiger partial charge in [0.1, 0.15) is 16.8 Å². The number of phenols is 1. The number of nitrogens with one attached hydrogen (secondary N) is 2. The highest BCUT2D eigenvalue weighted by Crippen LogP contribution is 2.34. The van der Waals surface area contributed by atoms with Crippen molar-refractivity contribution < 1.29 is 36.6 Å². The summed E-state index contributed by atoms with van der Waals surface area (Å²) in [5.74, 6) is -10.5. The number of amides is 1. The van der Waals surface area contributed by atoms with Gasteiger partial charge in [0, 0.05) is 5.69 Å². The maximum Gasteiger partial charge on any atom is 0.263 e. The van der Waals surface area contributed by atoms with Crippen molar-refractivity contribution in [3.63, 3.8) is 0 Å². The number of aromatic hydroxyl groups is 1. The second-order valence-electron chi connectivity index (χ2n) is 7.75. The lowest BCUT2D eigenvalue weighted by Crippen LogP contribution is -2.35. The summed E-state index contributed by atoms with van der Waals surface area (Å²) in [6.07, 6.45) is 0. The summed E-state index contributed by atoms with van der Waals surface area (Å²) < 4.78 is 66.4. The summed E-state index contributed by atoms with van der Waals surface area (Å²) >= 11 is 4.99. The minimum Gasteiger partial charge on any atom is -0.507 e. The Morgan fingerprint density at radius 2 is 1.72 bits per heavy atom. The molecule has 0 aliphatic rings. The molecule has 4 aromatic rings. The van der Waals surface area contributed by atoms with E-state index >= 15 is 0 Å². The highest BCUT2D eigenvalue weighted by atomic mass is 32.1. The molecule has 12 heteroatoms. The fourth-order valence-corrected chi connectivity index (χ4v) is 3.81. The number of nitrogens with zero attached hydrogens (tertiary/aromatic N) is 1. The van der Waals surface area contributed by atoms with E-state index < -0.39 is 45.6 Å². The molecule has 3 aromatic carbocycles. The van der Waals surface area contributed by atoms with Gasteiger partial charge in [0.2, 0.25) is 17.5 Å². The van der Waals surface area contributed by atoms with E-state index in [0.29, 0.717) is 11.1 Å². The first-order chi connectivity index (χ1) is 17.0. The van der Waals surface area contributed by atoms with Crippen LogP contribution in [0, 0.1) is 37.1 Å². The van der Waals surface area contributed by atoms with Gasteiger partial charge >= 0.3 is 0 Å². The molecule has 0 saturated heterocycles. The van der Waals surface area contributed by atoms with Gasteiger partial charge in [-0.25, -0.2) is 13.8 Å². The molecule has 0 atom stereocenters. The van der Waals surface area contributed by atoms with Crippen molar-refractivity contribution in [3.8, 4) is 23.0 Å². The molecule has 1 aromatic heterocycles. The fourth-order valence-electron chi connectivity index (χ4n) is 3.60. The zero-order valence-electron chi connectivity index (χ0n) is 18.9. The standard InChI is InChI=1S/C24H17F4N3O4S/c1-9-6-10(2)20-13(7-9)30-23(35-20)12-8-11(4-5-14(12)32)29-24(36)31-22(33)15-16(25)18(27)21(34-3)19(28)17(15)26/h4-8,32H,1-3H3,(H2,29,31,33,36). The van der Waals surface area contributed by atoms with Gasteiger partial charge in [0.05, 0.1) is 12.7 Å². The number of phenolic OH excluding ortho intramolecular Hbond substituents is 1. The van der Waals surface area contributed by atoms with Crippen LogP contribution in [0.15, 0.2) is 34.7 Å². The monoisotopic (exact) mass is 519 g/mol. The molecular formula is C24H17F4N3O4S. The van der Waals surface area contributed by atoms with E-state index in [-0.39, 0.29) is 22.9 Å². The number of aromatic nitrogens is 1. The maximum atomic E-state index is 14.2. The number of benzene rings is 3. The second kappa shape index (κ2) is 9.46. The van der Waals surface area contributed by atoms with E-state index in [4.69, 9.17) is 16.6 Å². The lowest BCUT2D eigenvalue weighted by Gasteiger charge is -2.13. The summed E-state index contributed by atoms with van der Waals surface area (Å²) in [5, 5.41) is 14.4. The van der Waals surface area contributed by atoms with E-state index in [1.54, 1.807) is 0 Å². The van der Waals surface area contributed by atoms with E-state index in [9.17, 15) is 27.5 Å². The van der Waals surface area contributed by atoms with Crippen LogP contribution in [-0.4, -0.2) is 28.2 Å². The molecule has 4 rings (SSSR count). The molecule has 0 aliphatic heterocycles. The molecule has 7 nitrogen and oxygen atoms in total. The Kier molecular flexibility index (Phi) is 6.55. The summed E-state index contributed by atoms with van der Waals surface area (Å²) in [4.78, 5) is 16.7. The minimum absolute atomic E-state index is 0.114. The number of hydrogen-bond donors (Lipinski definition) is 3. The molecule has 186 valence electrons. The first-order valence-corrected chi connectivity index (χ1v) is 10.7. The molecule has 0 saturated carbocycles. The highest BCUT2D eigenvalue weighted by molar-refractivity contribution is 7.80. The molecule has 0 radical (unpaired) electrons. The number of oxazole rings is 1. The van der Waals surface area contributed by atoms with Gasteiger partial charge in [-0.15, -0.1) is 0 Å². The van der Waals surface area contributed by atoms with Crippen LogP contribution >= 0.6 is 12.2 Å². The van der Waals surface area contributed by atoms with Crippen LogP contribution in [0.2, 0.25) is 0 Å². The van der Waals surface area contributed by atoms with Crippen molar-refractivity contribution in [2.75, 3.05) is 12.4 Å². The summed E-state index contributed by atoms with van der Waals surface area (Å²) in [6.45, 7) is 3.76. The Labute approximate surface area is 206 Å². The fraction of sp³-hybridized carbons (Fsp3) is 0.125. The van der Waals surface area contributed by atoms with Gasteiger partial charge in [-0.3, -0.25) is 10.1 Å². The third-order valence-electron chi connectivity index (χ3n) is 5.19. The number of carbonyl (C=O) groups excluding carboxylic acids is 1. The lowest BCUT2D eigenvalue weighted by molar-refractivity contribution is 0.0966. The molecule has 3 N–H and O–H groups in total. The summed E-state index contributed by atoms with van der Waals surface area (Å²) in [7, 11) is 0.814.